The Morgan fingerprint density at radius 2 is 1.53 bits per heavy atom. The maximum atomic E-state index is 11.3. The minimum atomic E-state index is -1.05. The van der Waals surface area contributed by atoms with Crippen molar-refractivity contribution in [3.8, 4) is 0 Å². The molecule has 3 atom stereocenters. The van der Waals surface area contributed by atoms with Crippen molar-refractivity contribution in [2.45, 2.75) is 6.10 Å². The molecule has 0 bridgehead atoms. The Kier molecular flexibility index (Phi) is 4.05. The van der Waals surface area contributed by atoms with Gasteiger partial charge < -0.3 is 19.9 Å². The van der Waals surface area contributed by atoms with Gasteiger partial charge in [-0.3, -0.25) is 9.59 Å². The molecule has 1 rings (SSSR count). The monoisotopic (exact) mass is 217 g/mol. The van der Waals surface area contributed by atoms with E-state index in [-0.39, 0.29) is 0 Å². The Morgan fingerprint density at radius 3 is 1.87 bits per heavy atom. The van der Waals surface area contributed by atoms with Gasteiger partial charge in [-0.05, 0) is 0 Å². The third-order valence-electron chi connectivity index (χ3n) is 2.56. The van der Waals surface area contributed by atoms with E-state index in [0.29, 0.717) is 13.1 Å². The number of esters is 2. The highest BCUT2D eigenvalue weighted by Crippen LogP contribution is 2.19. The van der Waals surface area contributed by atoms with Crippen LogP contribution < -0.4 is 5.32 Å². The normalized spacial score (nSPS) is 30.7. The Balaban J connectivity index is 2.70. The van der Waals surface area contributed by atoms with E-state index in [4.69, 9.17) is 0 Å². The van der Waals surface area contributed by atoms with Gasteiger partial charge in [0.25, 0.3) is 0 Å². The molecule has 1 saturated heterocycles. The van der Waals surface area contributed by atoms with Crippen LogP contribution in [0.25, 0.3) is 0 Å². The molecule has 0 aliphatic carbocycles. The fourth-order valence-electron chi connectivity index (χ4n) is 1.66. The van der Waals surface area contributed by atoms with Gasteiger partial charge >= 0.3 is 11.9 Å². The predicted molar refractivity (Wildman–Crippen MR) is 49.9 cm³/mol. The molecule has 1 aliphatic heterocycles. The third-order valence-corrected chi connectivity index (χ3v) is 2.56. The SMILES string of the molecule is COC(=O)[C@H]1CNC[C@@H](C(=O)OC)C1O. The van der Waals surface area contributed by atoms with Gasteiger partial charge in [0.05, 0.1) is 32.2 Å². The number of methoxy groups -OCH3 is 2. The average Bonchev–Trinajstić information content (AvgIpc) is 2.27. The van der Waals surface area contributed by atoms with Crippen LogP contribution in [0.4, 0.5) is 0 Å². The van der Waals surface area contributed by atoms with Crippen molar-refractivity contribution in [1.82, 2.24) is 5.32 Å². The first-order valence-corrected chi connectivity index (χ1v) is 4.66. The van der Waals surface area contributed by atoms with Crippen LogP contribution in [-0.4, -0.2) is 50.5 Å². The van der Waals surface area contributed by atoms with Crippen molar-refractivity contribution in [1.29, 1.82) is 0 Å². The molecule has 15 heavy (non-hydrogen) atoms. The van der Waals surface area contributed by atoms with E-state index >= 15 is 0 Å². The van der Waals surface area contributed by atoms with Gasteiger partial charge in [-0.25, -0.2) is 0 Å². The summed E-state index contributed by atoms with van der Waals surface area (Å²) in [6.45, 7) is 0.614. The number of ether oxygens (including phenoxy) is 2. The standard InChI is InChI=1S/C9H15NO5/c1-14-8(12)5-3-10-4-6(7(5)11)9(13)15-2/h5-7,10-11H,3-4H2,1-2H3/t5-,6+,7?. The van der Waals surface area contributed by atoms with Gasteiger partial charge in [-0.15, -0.1) is 0 Å². The molecule has 86 valence electrons. The lowest BCUT2D eigenvalue weighted by Gasteiger charge is -2.31. The molecule has 0 aromatic heterocycles. The Hall–Kier alpha value is -1.14. The molecule has 2 N–H and O–H groups in total. The summed E-state index contributed by atoms with van der Waals surface area (Å²) in [5.41, 5.74) is 0. The molecule has 0 aromatic carbocycles. The molecular weight excluding hydrogens is 202 g/mol. The van der Waals surface area contributed by atoms with E-state index in [9.17, 15) is 14.7 Å². The summed E-state index contributed by atoms with van der Waals surface area (Å²) >= 11 is 0. The summed E-state index contributed by atoms with van der Waals surface area (Å²) in [5.74, 6) is -2.48. The lowest BCUT2D eigenvalue weighted by Crippen LogP contribution is -2.53. The van der Waals surface area contributed by atoms with E-state index in [2.05, 4.69) is 14.8 Å². The number of piperidine rings is 1. The molecule has 6 heteroatoms. The number of rotatable bonds is 2. The Morgan fingerprint density at radius 1 is 1.13 bits per heavy atom. The van der Waals surface area contributed by atoms with E-state index in [1.807, 2.05) is 0 Å². The lowest BCUT2D eigenvalue weighted by molar-refractivity contribution is -0.160. The number of aliphatic hydroxyl groups is 1. The number of carbonyl (C=O) groups excluding carboxylic acids is 2. The van der Waals surface area contributed by atoms with Crippen LogP contribution in [0.1, 0.15) is 0 Å². The summed E-state index contributed by atoms with van der Waals surface area (Å²) in [6.07, 6.45) is -1.05. The number of nitrogens with one attached hydrogen (secondary N) is 1. The average molecular weight is 217 g/mol. The van der Waals surface area contributed by atoms with Gasteiger partial charge in [0, 0.05) is 13.1 Å². The van der Waals surface area contributed by atoms with Crippen molar-refractivity contribution in [3.63, 3.8) is 0 Å². The molecular formula is C9H15NO5. The minimum Gasteiger partial charge on any atom is -0.469 e. The van der Waals surface area contributed by atoms with E-state index < -0.39 is 29.9 Å². The highest BCUT2D eigenvalue weighted by molar-refractivity contribution is 5.78. The van der Waals surface area contributed by atoms with Crippen LogP contribution in [0, 0.1) is 11.8 Å². The van der Waals surface area contributed by atoms with Gasteiger partial charge in [0.2, 0.25) is 0 Å². The maximum Gasteiger partial charge on any atom is 0.312 e. The van der Waals surface area contributed by atoms with E-state index in [0.717, 1.165) is 0 Å². The summed E-state index contributed by atoms with van der Waals surface area (Å²) in [7, 11) is 2.49. The van der Waals surface area contributed by atoms with Gasteiger partial charge in [0.1, 0.15) is 0 Å². The van der Waals surface area contributed by atoms with Crippen LogP contribution in [0.3, 0.4) is 0 Å². The highest BCUT2D eigenvalue weighted by atomic mass is 16.5. The number of aliphatic hydroxyl groups excluding tert-OH is 1. The zero-order chi connectivity index (χ0) is 11.4. The van der Waals surface area contributed by atoms with Crippen molar-refractivity contribution >= 4 is 11.9 Å². The fourth-order valence-corrected chi connectivity index (χ4v) is 1.66. The number of hydrogen-bond donors (Lipinski definition) is 2. The van der Waals surface area contributed by atoms with Crippen molar-refractivity contribution < 1.29 is 24.2 Å². The topological polar surface area (TPSA) is 84.9 Å². The van der Waals surface area contributed by atoms with Crippen LogP contribution in [-0.2, 0) is 19.1 Å². The second-order valence-electron chi connectivity index (χ2n) is 3.41. The van der Waals surface area contributed by atoms with E-state index in [1.165, 1.54) is 14.2 Å². The van der Waals surface area contributed by atoms with Gasteiger partial charge in [-0.2, -0.15) is 0 Å². The molecule has 0 spiro atoms. The van der Waals surface area contributed by atoms with E-state index in [1.54, 1.807) is 0 Å². The molecule has 0 amide bonds. The molecule has 1 unspecified atom stereocenters. The quantitative estimate of drug-likeness (QED) is 0.549. The largest absolute Gasteiger partial charge is 0.469 e. The molecule has 6 nitrogen and oxygen atoms in total. The second-order valence-corrected chi connectivity index (χ2v) is 3.41. The summed E-state index contributed by atoms with van der Waals surface area (Å²) < 4.78 is 9.06. The van der Waals surface area contributed by atoms with Crippen LogP contribution in [0.2, 0.25) is 0 Å². The summed E-state index contributed by atoms with van der Waals surface area (Å²) in [6, 6.07) is 0. The predicted octanol–water partition coefficient (Wildman–Crippen LogP) is -1.47. The van der Waals surface area contributed by atoms with Crippen LogP contribution >= 0.6 is 0 Å². The Bertz CT molecular complexity index is 231. The molecule has 1 heterocycles. The molecule has 0 saturated carbocycles. The van der Waals surface area contributed by atoms with Crippen LogP contribution in [0.15, 0.2) is 0 Å². The first-order chi connectivity index (χ1) is 7.11. The van der Waals surface area contributed by atoms with Gasteiger partial charge in [-0.1, -0.05) is 0 Å². The lowest BCUT2D eigenvalue weighted by atomic mass is 9.87. The van der Waals surface area contributed by atoms with Crippen molar-refractivity contribution in [3.05, 3.63) is 0 Å². The zero-order valence-electron chi connectivity index (χ0n) is 8.73. The minimum absolute atomic E-state index is 0.307. The first kappa shape index (κ1) is 11.9. The van der Waals surface area contributed by atoms with Gasteiger partial charge in [0.15, 0.2) is 0 Å². The van der Waals surface area contributed by atoms with Crippen molar-refractivity contribution in [2.24, 2.45) is 11.8 Å². The smallest absolute Gasteiger partial charge is 0.312 e. The number of carbonyl (C=O) groups is 2. The second kappa shape index (κ2) is 5.09. The third kappa shape index (κ3) is 2.45. The molecule has 0 radical (unpaired) electrons. The fraction of sp³-hybridized carbons (Fsp3) is 0.778. The maximum absolute atomic E-state index is 11.3. The number of hydrogen-bond acceptors (Lipinski definition) is 6. The Labute approximate surface area is 87.5 Å². The summed E-state index contributed by atoms with van der Waals surface area (Å²) in [4.78, 5) is 22.5. The molecule has 1 fully saturated rings. The van der Waals surface area contributed by atoms with Crippen LogP contribution in [0.5, 0.6) is 0 Å². The zero-order valence-corrected chi connectivity index (χ0v) is 8.73. The van der Waals surface area contributed by atoms with Crippen molar-refractivity contribution in [2.75, 3.05) is 27.3 Å². The first-order valence-electron chi connectivity index (χ1n) is 4.66. The molecule has 1 aliphatic rings. The molecule has 0 aromatic rings. The highest BCUT2D eigenvalue weighted by Gasteiger charge is 2.41. The summed E-state index contributed by atoms with van der Waals surface area (Å²) in [5, 5.41) is 12.7.